The summed E-state index contributed by atoms with van der Waals surface area (Å²) in [5.41, 5.74) is 1.31. The van der Waals surface area contributed by atoms with Crippen LogP contribution in [-0.2, 0) is 6.42 Å². The first kappa shape index (κ1) is 12.4. The van der Waals surface area contributed by atoms with E-state index in [1.165, 1.54) is 16.3 Å². The lowest BCUT2D eigenvalue weighted by Crippen LogP contribution is -1.99. The Bertz CT molecular complexity index is 532. The molecule has 0 bridgehead atoms. The molecule has 0 unspecified atom stereocenters. The van der Waals surface area contributed by atoms with Crippen LogP contribution in [-0.4, -0.2) is 7.11 Å². The molecule has 0 amide bonds. The zero-order chi connectivity index (χ0) is 12.4. The first-order valence-electron chi connectivity index (χ1n) is 5.87. The second-order valence-corrected chi connectivity index (χ2v) is 5.63. The Kier molecular flexibility index (Phi) is 3.72. The molecule has 0 saturated heterocycles. The number of fused-ring (bicyclic) bond motifs is 1. The normalized spacial score (nSPS) is 11.1. The van der Waals surface area contributed by atoms with Crippen molar-refractivity contribution in [2.45, 2.75) is 20.3 Å². The Hall–Kier alpha value is -1.02. The van der Waals surface area contributed by atoms with Crippen molar-refractivity contribution >= 4 is 26.7 Å². The van der Waals surface area contributed by atoms with Crippen LogP contribution >= 0.6 is 15.9 Å². The Labute approximate surface area is 111 Å². The van der Waals surface area contributed by atoms with Crippen LogP contribution in [0.3, 0.4) is 0 Å². The Morgan fingerprint density at radius 1 is 1.18 bits per heavy atom. The summed E-state index contributed by atoms with van der Waals surface area (Å²) in [5, 5.41) is 2.55. The number of rotatable bonds is 3. The van der Waals surface area contributed by atoms with Crippen LogP contribution in [0.2, 0.25) is 0 Å². The standard InChI is InChI=1S/C15H17BrO/c1-10(2)8-14-13-6-5-12(16)9-11(13)4-7-15(14)17-3/h4-7,9-10H,8H2,1-3H3. The molecule has 0 saturated carbocycles. The van der Waals surface area contributed by atoms with Gasteiger partial charge in [-0.2, -0.15) is 0 Å². The van der Waals surface area contributed by atoms with Crippen LogP contribution in [0.15, 0.2) is 34.8 Å². The second-order valence-electron chi connectivity index (χ2n) is 4.71. The molecule has 0 radical (unpaired) electrons. The molecule has 1 nitrogen and oxygen atoms in total. The molecule has 0 N–H and O–H groups in total. The minimum atomic E-state index is 0.623. The fourth-order valence-electron chi connectivity index (χ4n) is 2.16. The van der Waals surface area contributed by atoms with Crippen molar-refractivity contribution in [2.24, 2.45) is 5.92 Å². The Morgan fingerprint density at radius 2 is 1.94 bits per heavy atom. The summed E-state index contributed by atoms with van der Waals surface area (Å²) in [4.78, 5) is 0. The number of halogens is 1. The largest absolute Gasteiger partial charge is 0.496 e. The molecule has 2 aromatic carbocycles. The third-order valence-electron chi connectivity index (χ3n) is 2.88. The van der Waals surface area contributed by atoms with Crippen LogP contribution in [0.4, 0.5) is 0 Å². The van der Waals surface area contributed by atoms with Gasteiger partial charge in [0, 0.05) is 10.0 Å². The lowest BCUT2D eigenvalue weighted by atomic mass is 9.96. The van der Waals surface area contributed by atoms with Crippen LogP contribution < -0.4 is 4.74 Å². The molecule has 0 heterocycles. The monoisotopic (exact) mass is 292 g/mol. The molecule has 0 aliphatic heterocycles. The topological polar surface area (TPSA) is 9.23 Å². The smallest absolute Gasteiger partial charge is 0.122 e. The molecule has 2 heteroatoms. The molecule has 0 aliphatic carbocycles. The Morgan fingerprint density at radius 3 is 2.59 bits per heavy atom. The molecule has 0 spiro atoms. The van der Waals surface area contributed by atoms with E-state index in [0.717, 1.165) is 16.6 Å². The molecule has 0 aromatic heterocycles. The summed E-state index contributed by atoms with van der Waals surface area (Å²) in [6, 6.07) is 10.6. The average molecular weight is 293 g/mol. The van der Waals surface area contributed by atoms with Crippen molar-refractivity contribution in [1.82, 2.24) is 0 Å². The number of benzene rings is 2. The number of hydrogen-bond acceptors (Lipinski definition) is 1. The minimum absolute atomic E-state index is 0.623. The number of methoxy groups -OCH3 is 1. The third kappa shape index (κ3) is 2.63. The van der Waals surface area contributed by atoms with E-state index in [-0.39, 0.29) is 0 Å². The zero-order valence-electron chi connectivity index (χ0n) is 10.5. The van der Waals surface area contributed by atoms with E-state index in [1.54, 1.807) is 7.11 Å². The lowest BCUT2D eigenvalue weighted by Gasteiger charge is -2.14. The van der Waals surface area contributed by atoms with Crippen molar-refractivity contribution < 1.29 is 4.74 Å². The maximum atomic E-state index is 5.47. The molecule has 90 valence electrons. The van der Waals surface area contributed by atoms with Crippen LogP contribution in [0, 0.1) is 5.92 Å². The van der Waals surface area contributed by atoms with Gasteiger partial charge in [-0.05, 0) is 41.3 Å². The highest BCUT2D eigenvalue weighted by Gasteiger charge is 2.10. The summed E-state index contributed by atoms with van der Waals surface area (Å²) in [7, 11) is 1.74. The summed E-state index contributed by atoms with van der Waals surface area (Å²) in [5.74, 6) is 1.62. The van der Waals surface area contributed by atoms with Gasteiger partial charge in [-0.3, -0.25) is 0 Å². The maximum absolute atomic E-state index is 5.47. The zero-order valence-corrected chi connectivity index (χ0v) is 12.0. The molecule has 2 aromatic rings. The van der Waals surface area contributed by atoms with Gasteiger partial charge in [-0.1, -0.05) is 41.9 Å². The van der Waals surface area contributed by atoms with Crippen LogP contribution in [0.5, 0.6) is 5.75 Å². The predicted molar refractivity (Wildman–Crippen MR) is 76.7 cm³/mol. The van der Waals surface area contributed by atoms with Gasteiger partial charge < -0.3 is 4.74 Å². The highest BCUT2D eigenvalue weighted by molar-refractivity contribution is 9.10. The molecule has 17 heavy (non-hydrogen) atoms. The highest BCUT2D eigenvalue weighted by Crippen LogP contribution is 2.31. The fraction of sp³-hybridized carbons (Fsp3) is 0.333. The third-order valence-corrected chi connectivity index (χ3v) is 3.38. The van der Waals surface area contributed by atoms with E-state index >= 15 is 0 Å². The van der Waals surface area contributed by atoms with Gasteiger partial charge in [0.05, 0.1) is 7.11 Å². The predicted octanol–water partition coefficient (Wildman–Crippen LogP) is 4.81. The molecular formula is C15H17BrO. The maximum Gasteiger partial charge on any atom is 0.122 e. The summed E-state index contributed by atoms with van der Waals surface area (Å²) in [6.45, 7) is 4.47. The summed E-state index contributed by atoms with van der Waals surface area (Å²) >= 11 is 3.51. The molecular weight excluding hydrogens is 276 g/mol. The second kappa shape index (κ2) is 5.09. The lowest BCUT2D eigenvalue weighted by molar-refractivity contribution is 0.408. The van der Waals surface area contributed by atoms with Gasteiger partial charge in [-0.15, -0.1) is 0 Å². The minimum Gasteiger partial charge on any atom is -0.496 e. The van der Waals surface area contributed by atoms with E-state index in [4.69, 9.17) is 4.74 Å². The first-order chi connectivity index (χ1) is 8.11. The highest BCUT2D eigenvalue weighted by atomic mass is 79.9. The van der Waals surface area contributed by atoms with Gasteiger partial charge in [0.2, 0.25) is 0 Å². The van der Waals surface area contributed by atoms with E-state index in [0.29, 0.717) is 5.92 Å². The van der Waals surface area contributed by atoms with Crippen molar-refractivity contribution in [1.29, 1.82) is 0 Å². The molecule has 0 aliphatic rings. The van der Waals surface area contributed by atoms with Gasteiger partial charge in [0.1, 0.15) is 5.75 Å². The van der Waals surface area contributed by atoms with E-state index in [1.807, 2.05) is 0 Å². The van der Waals surface area contributed by atoms with Crippen molar-refractivity contribution in [3.8, 4) is 5.75 Å². The number of ether oxygens (including phenoxy) is 1. The summed E-state index contributed by atoms with van der Waals surface area (Å²) in [6.07, 6.45) is 1.04. The average Bonchev–Trinajstić information content (AvgIpc) is 2.28. The van der Waals surface area contributed by atoms with E-state index < -0.39 is 0 Å². The van der Waals surface area contributed by atoms with Gasteiger partial charge in [0.25, 0.3) is 0 Å². The van der Waals surface area contributed by atoms with Crippen LogP contribution in [0.1, 0.15) is 19.4 Å². The van der Waals surface area contributed by atoms with Gasteiger partial charge in [-0.25, -0.2) is 0 Å². The first-order valence-corrected chi connectivity index (χ1v) is 6.66. The van der Waals surface area contributed by atoms with E-state index in [2.05, 4.69) is 60.1 Å². The molecule has 2 rings (SSSR count). The molecule has 0 fully saturated rings. The SMILES string of the molecule is COc1ccc2cc(Br)ccc2c1CC(C)C. The van der Waals surface area contributed by atoms with Crippen molar-refractivity contribution in [2.75, 3.05) is 7.11 Å². The van der Waals surface area contributed by atoms with Crippen molar-refractivity contribution in [3.63, 3.8) is 0 Å². The van der Waals surface area contributed by atoms with Gasteiger partial charge >= 0.3 is 0 Å². The van der Waals surface area contributed by atoms with Gasteiger partial charge in [0.15, 0.2) is 0 Å². The quantitative estimate of drug-likeness (QED) is 0.789. The fourth-order valence-corrected chi connectivity index (χ4v) is 2.53. The molecule has 0 atom stereocenters. The Balaban J connectivity index is 2.65. The van der Waals surface area contributed by atoms with Crippen molar-refractivity contribution in [3.05, 3.63) is 40.4 Å². The van der Waals surface area contributed by atoms with Crippen LogP contribution in [0.25, 0.3) is 10.8 Å². The summed E-state index contributed by atoms with van der Waals surface area (Å²) < 4.78 is 6.59. The van der Waals surface area contributed by atoms with E-state index in [9.17, 15) is 0 Å². The number of hydrogen-bond donors (Lipinski definition) is 0.